The van der Waals surface area contributed by atoms with Crippen LogP contribution in [-0.4, -0.2) is 9.55 Å². The van der Waals surface area contributed by atoms with Crippen molar-refractivity contribution in [1.82, 2.24) is 9.55 Å². The fraction of sp³-hybridized carbons (Fsp3) is 0.636. The second kappa shape index (κ2) is 5.43. The van der Waals surface area contributed by atoms with Crippen LogP contribution in [0.4, 0.5) is 0 Å². The number of hydrogen-bond donors (Lipinski definition) is 0. The van der Waals surface area contributed by atoms with Gasteiger partial charge in [-0.15, -0.1) is 0 Å². The first-order valence-electron chi connectivity index (χ1n) is 5.22. The smallest absolute Gasteiger partial charge is 0.108 e. The van der Waals surface area contributed by atoms with E-state index < -0.39 is 0 Å². The molecule has 0 saturated carbocycles. The standard InChI is InChI=1S/C11H17N3/c1-3-5-11-13-8-9-14(11)10(4-2)6-7-12/h8-10H,3-6H2,1-2H3. The number of aryl methyl sites for hydroxylation is 1. The predicted octanol–water partition coefficient (Wildman–Crippen LogP) is 2.70. The molecule has 0 saturated heterocycles. The van der Waals surface area contributed by atoms with Crippen molar-refractivity contribution in [2.75, 3.05) is 0 Å². The van der Waals surface area contributed by atoms with Crippen LogP contribution < -0.4 is 0 Å². The topological polar surface area (TPSA) is 41.6 Å². The molecule has 1 rings (SSSR count). The number of aromatic nitrogens is 2. The van der Waals surface area contributed by atoms with Gasteiger partial charge < -0.3 is 4.57 Å². The molecule has 1 aromatic heterocycles. The summed E-state index contributed by atoms with van der Waals surface area (Å²) in [6.45, 7) is 4.25. The maximum Gasteiger partial charge on any atom is 0.108 e. The minimum absolute atomic E-state index is 0.295. The van der Waals surface area contributed by atoms with Crippen LogP contribution in [0.5, 0.6) is 0 Å². The van der Waals surface area contributed by atoms with Crippen LogP contribution in [0, 0.1) is 11.3 Å². The zero-order valence-electron chi connectivity index (χ0n) is 8.90. The molecule has 0 amide bonds. The Balaban J connectivity index is 2.81. The molecule has 1 heterocycles. The van der Waals surface area contributed by atoms with Crippen molar-refractivity contribution < 1.29 is 0 Å². The highest BCUT2D eigenvalue weighted by Crippen LogP contribution is 2.17. The van der Waals surface area contributed by atoms with Gasteiger partial charge in [-0.1, -0.05) is 13.8 Å². The summed E-state index contributed by atoms with van der Waals surface area (Å²) in [7, 11) is 0. The number of rotatable bonds is 5. The number of nitriles is 1. The van der Waals surface area contributed by atoms with Gasteiger partial charge in [0.2, 0.25) is 0 Å². The molecule has 0 aromatic carbocycles. The minimum Gasteiger partial charge on any atom is -0.331 e. The molecule has 0 aliphatic rings. The van der Waals surface area contributed by atoms with Crippen LogP contribution in [-0.2, 0) is 6.42 Å². The second-order valence-electron chi connectivity index (χ2n) is 3.43. The van der Waals surface area contributed by atoms with Crippen LogP contribution in [0.25, 0.3) is 0 Å². The van der Waals surface area contributed by atoms with Gasteiger partial charge in [-0.05, 0) is 12.8 Å². The predicted molar refractivity (Wildman–Crippen MR) is 55.8 cm³/mol. The normalized spacial score (nSPS) is 12.4. The highest BCUT2D eigenvalue weighted by atomic mass is 15.1. The Morgan fingerprint density at radius 1 is 1.57 bits per heavy atom. The average molecular weight is 191 g/mol. The fourth-order valence-corrected chi connectivity index (χ4v) is 1.64. The van der Waals surface area contributed by atoms with Crippen molar-refractivity contribution in [3.63, 3.8) is 0 Å². The first kappa shape index (κ1) is 10.8. The molecule has 0 bridgehead atoms. The van der Waals surface area contributed by atoms with Gasteiger partial charge in [0.05, 0.1) is 12.5 Å². The third kappa shape index (κ3) is 2.35. The van der Waals surface area contributed by atoms with Crippen molar-refractivity contribution >= 4 is 0 Å². The van der Waals surface area contributed by atoms with E-state index in [1.807, 2.05) is 12.4 Å². The van der Waals surface area contributed by atoms with Gasteiger partial charge in [-0.2, -0.15) is 5.26 Å². The lowest BCUT2D eigenvalue weighted by atomic mass is 10.1. The Hall–Kier alpha value is -1.30. The quantitative estimate of drug-likeness (QED) is 0.718. The van der Waals surface area contributed by atoms with Crippen LogP contribution in [0.3, 0.4) is 0 Å². The summed E-state index contributed by atoms with van der Waals surface area (Å²) in [4.78, 5) is 4.31. The largest absolute Gasteiger partial charge is 0.331 e. The maximum absolute atomic E-state index is 8.70. The van der Waals surface area contributed by atoms with Gasteiger partial charge in [-0.3, -0.25) is 0 Å². The van der Waals surface area contributed by atoms with Crippen LogP contribution >= 0.6 is 0 Å². The monoisotopic (exact) mass is 191 g/mol. The molecule has 0 aliphatic heterocycles. The first-order chi connectivity index (χ1) is 6.83. The minimum atomic E-state index is 0.295. The molecule has 0 aliphatic carbocycles. The van der Waals surface area contributed by atoms with E-state index in [9.17, 15) is 0 Å². The van der Waals surface area contributed by atoms with E-state index in [1.54, 1.807) is 0 Å². The van der Waals surface area contributed by atoms with Crippen LogP contribution in [0.1, 0.15) is 45.0 Å². The van der Waals surface area contributed by atoms with Gasteiger partial charge in [-0.25, -0.2) is 4.98 Å². The molecule has 0 spiro atoms. The molecule has 76 valence electrons. The zero-order chi connectivity index (χ0) is 10.4. The average Bonchev–Trinajstić information content (AvgIpc) is 2.63. The zero-order valence-corrected chi connectivity index (χ0v) is 8.90. The lowest BCUT2D eigenvalue weighted by Crippen LogP contribution is -2.10. The maximum atomic E-state index is 8.70. The van der Waals surface area contributed by atoms with Gasteiger partial charge in [0.25, 0.3) is 0 Å². The summed E-state index contributed by atoms with van der Waals surface area (Å²) >= 11 is 0. The molecule has 3 heteroatoms. The number of nitrogens with zero attached hydrogens (tertiary/aromatic N) is 3. The Morgan fingerprint density at radius 3 is 2.93 bits per heavy atom. The van der Waals surface area contributed by atoms with Crippen molar-refractivity contribution in [2.45, 2.75) is 45.6 Å². The Bertz CT molecular complexity index is 309. The van der Waals surface area contributed by atoms with Gasteiger partial charge >= 0.3 is 0 Å². The Morgan fingerprint density at radius 2 is 2.36 bits per heavy atom. The first-order valence-corrected chi connectivity index (χ1v) is 5.22. The van der Waals surface area contributed by atoms with Crippen molar-refractivity contribution in [2.24, 2.45) is 0 Å². The fourth-order valence-electron chi connectivity index (χ4n) is 1.64. The molecule has 0 radical (unpaired) electrons. The van der Waals surface area contributed by atoms with E-state index in [-0.39, 0.29) is 0 Å². The van der Waals surface area contributed by atoms with Gasteiger partial charge in [0.15, 0.2) is 0 Å². The summed E-state index contributed by atoms with van der Waals surface area (Å²) in [5.41, 5.74) is 0. The molecule has 0 fully saturated rings. The molecule has 1 atom stereocenters. The lowest BCUT2D eigenvalue weighted by Gasteiger charge is -2.15. The third-order valence-corrected chi connectivity index (χ3v) is 2.41. The van der Waals surface area contributed by atoms with Crippen molar-refractivity contribution in [3.05, 3.63) is 18.2 Å². The molecule has 1 unspecified atom stereocenters. The summed E-state index contributed by atoms with van der Waals surface area (Å²) in [6.07, 6.45) is 7.46. The molecular formula is C11H17N3. The van der Waals surface area contributed by atoms with Crippen LogP contribution in [0.2, 0.25) is 0 Å². The van der Waals surface area contributed by atoms with E-state index in [0.29, 0.717) is 12.5 Å². The number of imidazole rings is 1. The Labute approximate surface area is 85.4 Å². The molecule has 3 nitrogen and oxygen atoms in total. The summed E-state index contributed by atoms with van der Waals surface area (Å²) in [5, 5.41) is 8.70. The number of hydrogen-bond acceptors (Lipinski definition) is 2. The summed E-state index contributed by atoms with van der Waals surface area (Å²) in [5.74, 6) is 1.11. The molecule has 1 aromatic rings. The summed E-state index contributed by atoms with van der Waals surface area (Å²) < 4.78 is 2.15. The SMILES string of the molecule is CCCc1nccn1C(CC)CC#N. The van der Waals surface area contributed by atoms with Gasteiger partial charge in [0, 0.05) is 24.9 Å². The molecule has 0 N–H and O–H groups in total. The molecular weight excluding hydrogens is 174 g/mol. The molecule has 14 heavy (non-hydrogen) atoms. The van der Waals surface area contributed by atoms with E-state index in [1.165, 1.54) is 0 Å². The van der Waals surface area contributed by atoms with Crippen molar-refractivity contribution in [3.8, 4) is 6.07 Å². The van der Waals surface area contributed by atoms with E-state index in [0.717, 1.165) is 25.1 Å². The third-order valence-electron chi connectivity index (χ3n) is 2.41. The van der Waals surface area contributed by atoms with E-state index >= 15 is 0 Å². The van der Waals surface area contributed by atoms with Crippen LogP contribution in [0.15, 0.2) is 12.4 Å². The lowest BCUT2D eigenvalue weighted by molar-refractivity contribution is 0.475. The van der Waals surface area contributed by atoms with E-state index in [2.05, 4.69) is 29.5 Å². The van der Waals surface area contributed by atoms with Crippen molar-refractivity contribution in [1.29, 1.82) is 5.26 Å². The highest BCUT2D eigenvalue weighted by Gasteiger charge is 2.11. The Kier molecular flexibility index (Phi) is 4.18. The van der Waals surface area contributed by atoms with Gasteiger partial charge in [0.1, 0.15) is 5.82 Å². The second-order valence-corrected chi connectivity index (χ2v) is 3.43. The van der Waals surface area contributed by atoms with E-state index in [4.69, 9.17) is 5.26 Å². The summed E-state index contributed by atoms with van der Waals surface area (Å²) in [6, 6.07) is 2.52. The highest BCUT2D eigenvalue weighted by molar-refractivity contribution is 4.97.